The minimum absolute atomic E-state index is 0.0583. The van der Waals surface area contributed by atoms with Crippen LogP contribution in [-0.4, -0.2) is 97.2 Å². The van der Waals surface area contributed by atoms with Crippen LogP contribution in [0.15, 0.2) is 89.6 Å². The molecule has 0 atom stereocenters. The van der Waals surface area contributed by atoms with Crippen molar-refractivity contribution in [3.05, 3.63) is 106 Å². The summed E-state index contributed by atoms with van der Waals surface area (Å²) in [5.41, 5.74) is 5.94. The molecule has 3 N–H and O–H groups in total. The molecule has 1 amide bonds. The number of aromatic amines is 1. The summed E-state index contributed by atoms with van der Waals surface area (Å²) >= 11 is 12.9. The number of nitrogens with zero attached hydrogens (tertiary/aromatic N) is 5. The second kappa shape index (κ2) is 17.2. The fraction of sp³-hybridized carbons (Fsp3) is 0.413. The maximum atomic E-state index is 14.0. The third kappa shape index (κ3) is 9.27. The molecular formula is C46H52Cl2N8O4S. The van der Waals surface area contributed by atoms with Crippen molar-refractivity contribution in [3.8, 4) is 11.5 Å². The number of allylic oxidation sites excluding steroid dienone is 1. The van der Waals surface area contributed by atoms with Crippen LogP contribution >= 0.6 is 23.2 Å². The van der Waals surface area contributed by atoms with Crippen molar-refractivity contribution >= 4 is 67.1 Å². The maximum absolute atomic E-state index is 14.0. The molecule has 5 aromatic rings. The van der Waals surface area contributed by atoms with Crippen LogP contribution in [0.3, 0.4) is 0 Å². The summed E-state index contributed by atoms with van der Waals surface area (Å²) in [6.45, 7) is 10.9. The quantitative estimate of drug-likeness (QED) is 0.111. The highest BCUT2D eigenvalue weighted by molar-refractivity contribution is 7.90. The molecule has 3 fully saturated rings. The van der Waals surface area contributed by atoms with Gasteiger partial charge in [0.1, 0.15) is 22.2 Å². The number of rotatable bonds is 12. The zero-order valence-electron chi connectivity index (χ0n) is 34.6. The van der Waals surface area contributed by atoms with E-state index < -0.39 is 15.9 Å². The number of carbonyl (C=O) groups is 1. The van der Waals surface area contributed by atoms with E-state index in [1.54, 1.807) is 18.3 Å². The maximum Gasteiger partial charge on any atom is 0.268 e. The zero-order chi connectivity index (χ0) is 42.3. The molecule has 0 bridgehead atoms. The molecule has 2 aliphatic carbocycles. The number of piperazine rings is 1. The van der Waals surface area contributed by atoms with Crippen LogP contribution in [0.5, 0.6) is 11.5 Å². The number of likely N-dealkylation sites (tertiary alicyclic amines) is 1. The van der Waals surface area contributed by atoms with E-state index >= 15 is 0 Å². The Hall–Kier alpha value is -4.66. The van der Waals surface area contributed by atoms with E-state index in [1.807, 2.05) is 36.4 Å². The van der Waals surface area contributed by atoms with Gasteiger partial charge in [0.15, 0.2) is 0 Å². The predicted octanol–water partition coefficient (Wildman–Crippen LogP) is 9.00. The Morgan fingerprint density at radius 3 is 2.43 bits per heavy atom. The van der Waals surface area contributed by atoms with Crippen molar-refractivity contribution in [2.24, 2.45) is 5.41 Å². The Labute approximate surface area is 367 Å². The van der Waals surface area contributed by atoms with Crippen molar-refractivity contribution in [1.82, 2.24) is 29.7 Å². The number of aromatic nitrogens is 3. The summed E-state index contributed by atoms with van der Waals surface area (Å²) in [6.07, 6.45) is 10.8. The van der Waals surface area contributed by atoms with Crippen molar-refractivity contribution in [2.45, 2.75) is 75.8 Å². The summed E-state index contributed by atoms with van der Waals surface area (Å²) in [7, 11) is -4.36. The predicted molar refractivity (Wildman–Crippen MR) is 242 cm³/mol. The van der Waals surface area contributed by atoms with Gasteiger partial charge >= 0.3 is 0 Å². The van der Waals surface area contributed by atoms with E-state index in [0.29, 0.717) is 11.6 Å². The first-order valence-corrected chi connectivity index (χ1v) is 23.6. The number of halogens is 2. The van der Waals surface area contributed by atoms with Crippen LogP contribution in [0.1, 0.15) is 74.7 Å². The molecule has 2 saturated heterocycles. The summed E-state index contributed by atoms with van der Waals surface area (Å²) in [4.78, 5) is 25.5. The smallest absolute Gasteiger partial charge is 0.268 e. The van der Waals surface area contributed by atoms with Crippen molar-refractivity contribution in [2.75, 3.05) is 56.0 Å². The molecule has 15 heteroatoms. The van der Waals surface area contributed by atoms with Crippen molar-refractivity contribution in [3.63, 3.8) is 0 Å². The van der Waals surface area contributed by atoms with Gasteiger partial charge in [-0.25, -0.2) is 18.1 Å². The van der Waals surface area contributed by atoms with Crippen LogP contribution < -0.4 is 19.7 Å². The van der Waals surface area contributed by atoms with Gasteiger partial charge in [-0.2, -0.15) is 5.10 Å². The van der Waals surface area contributed by atoms with Gasteiger partial charge in [-0.3, -0.25) is 14.8 Å². The molecule has 0 unspecified atom stereocenters. The molecule has 0 spiro atoms. The molecule has 1 saturated carbocycles. The highest BCUT2D eigenvalue weighted by Crippen LogP contribution is 2.46. The van der Waals surface area contributed by atoms with E-state index in [1.165, 1.54) is 48.2 Å². The number of nitrogens with one attached hydrogen (secondary N) is 3. The van der Waals surface area contributed by atoms with E-state index in [4.69, 9.17) is 27.9 Å². The minimum atomic E-state index is -4.36. The Balaban J connectivity index is 0.914. The van der Waals surface area contributed by atoms with Crippen molar-refractivity contribution in [1.29, 1.82) is 0 Å². The third-order valence-corrected chi connectivity index (χ3v) is 14.6. The number of hydrogen-bond acceptors (Lipinski definition) is 10. The Bertz CT molecular complexity index is 2560. The number of fused-ring (bicyclic) bond motifs is 1. The molecule has 3 aromatic carbocycles. The molecule has 0 radical (unpaired) electrons. The summed E-state index contributed by atoms with van der Waals surface area (Å²) in [5.74, 6) is 0.274. The molecule has 2 aromatic heterocycles. The fourth-order valence-corrected chi connectivity index (χ4v) is 10.7. The van der Waals surface area contributed by atoms with Crippen LogP contribution in [0.4, 0.5) is 11.5 Å². The lowest BCUT2D eigenvalue weighted by molar-refractivity contribution is 0.0979. The van der Waals surface area contributed by atoms with Crippen LogP contribution in [-0.2, 0) is 10.0 Å². The zero-order valence-corrected chi connectivity index (χ0v) is 36.9. The monoisotopic (exact) mass is 882 g/mol. The van der Waals surface area contributed by atoms with Gasteiger partial charge in [0.05, 0.1) is 27.7 Å². The van der Waals surface area contributed by atoms with Crippen molar-refractivity contribution < 1.29 is 17.9 Å². The highest BCUT2D eigenvalue weighted by atomic mass is 35.5. The second-order valence-electron chi connectivity index (χ2n) is 17.5. The van der Waals surface area contributed by atoms with Crippen LogP contribution in [0.25, 0.3) is 16.5 Å². The number of hydrogen-bond donors (Lipinski definition) is 3. The van der Waals surface area contributed by atoms with E-state index in [9.17, 15) is 13.2 Å². The fourth-order valence-electron chi connectivity index (χ4n) is 9.36. The minimum Gasteiger partial charge on any atom is -0.456 e. The molecule has 320 valence electrons. The number of anilines is 2. The highest BCUT2D eigenvalue weighted by Gasteiger charge is 2.34. The average Bonchev–Trinajstić information content (AvgIpc) is 3.98. The van der Waals surface area contributed by atoms with Crippen LogP contribution in [0.2, 0.25) is 10.0 Å². The number of H-pyrrole nitrogens is 1. The van der Waals surface area contributed by atoms with Gasteiger partial charge < -0.3 is 19.9 Å². The number of carbonyl (C=O) groups excluding carboxylic acids is 1. The number of amides is 1. The third-order valence-electron chi connectivity index (χ3n) is 12.8. The number of piperidine rings is 1. The largest absolute Gasteiger partial charge is 0.456 e. The van der Waals surface area contributed by atoms with Gasteiger partial charge in [-0.1, -0.05) is 60.8 Å². The van der Waals surface area contributed by atoms with E-state index in [0.717, 1.165) is 99.2 Å². The molecule has 9 rings (SSSR count). The molecular weight excluding hydrogens is 832 g/mol. The molecule has 4 aliphatic rings. The topological polar surface area (TPSA) is 136 Å². The Kier molecular flexibility index (Phi) is 11.8. The average molecular weight is 884 g/mol. The molecule has 12 nitrogen and oxygen atoms in total. The first-order chi connectivity index (χ1) is 29.4. The lowest BCUT2D eigenvalue weighted by atomic mass is 9.70. The molecule has 4 heterocycles. The normalized spacial score (nSPS) is 19.3. The first-order valence-electron chi connectivity index (χ1n) is 21.3. The Morgan fingerprint density at radius 2 is 1.69 bits per heavy atom. The second-order valence-corrected chi connectivity index (χ2v) is 20.0. The lowest BCUT2D eigenvalue weighted by Crippen LogP contribution is -2.47. The van der Waals surface area contributed by atoms with E-state index in [-0.39, 0.29) is 32.7 Å². The number of ether oxygens (including phenoxy) is 1. The Morgan fingerprint density at radius 1 is 0.918 bits per heavy atom. The SMILES string of the molecule is CC1(C)CCCC(CN2CCN(c3ccc(C(=O)NS(=O)(=O)c4cnc(NC5CCN(C6CC6)CC5)c(Cl)c4)c(Oc4cccc5[nH]ncc45)c3)CC2)=C1c1ccc(Cl)cc1. The molecule has 2 aliphatic heterocycles. The first kappa shape index (κ1) is 41.7. The standard InChI is InChI=1S/C46H52Cl2N8O4S/c1-46(2)18-4-5-31(43(46)30-8-10-32(47)11-9-30)29-54-21-23-56(24-22-54)35-14-15-37(42(25-35)60-41-7-3-6-40-38(41)28-50-52-40)45(57)53-61(58,59)36-26-39(48)44(49-27-36)51-33-16-19-55(20-17-33)34-12-13-34/h3,6-11,14-15,25-28,33-34H,4-5,12-13,16-24,29H2,1-2H3,(H,49,51)(H,50,52)(H,53,57). The van der Waals surface area contributed by atoms with Gasteiger partial charge in [-0.05, 0) is 104 Å². The van der Waals surface area contributed by atoms with Crippen LogP contribution in [0, 0.1) is 5.41 Å². The van der Waals surface area contributed by atoms with Gasteiger partial charge in [-0.15, -0.1) is 0 Å². The van der Waals surface area contributed by atoms with Gasteiger partial charge in [0, 0.05) is 80.9 Å². The summed E-state index contributed by atoms with van der Waals surface area (Å²) < 4.78 is 36.1. The van der Waals surface area contributed by atoms with E-state index in [2.05, 4.69) is 65.9 Å². The lowest BCUT2D eigenvalue weighted by Gasteiger charge is -2.40. The van der Waals surface area contributed by atoms with Gasteiger partial charge in [0.2, 0.25) is 0 Å². The summed E-state index contributed by atoms with van der Waals surface area (Å²) in [5, 5.41) is 12.1. The summed E-state index contributed by atoms with van der Waals surface area (Å²) in [6, 6.07) is 21.3. The van der Waals surface area contributed by atoms with Gasteiger partial charge in [0.25, 0.3) is 15.9 Å². The number of sulfonamides is 1. The molecule has 61 heavy (non-hydrogen) atoms. The number of benzene rings is 3. The number of pyridine rings is 1.